The van der Waals surface area contributed by atoms with E-state index in [0.717, 1.165) is 15.1 Å². The second-order valence-electron chi connectivity index (χ2n) is 5.18. The lowest BCUT2D eigenvalue weighted by atomic mass is 10.1. The highest BCUT2D eigenvalue weighted by atomic mass is 32.2. The Labute approximate surface area is 157 Å². The number of amidine groups is 2. The van der Waals surface area contributed by atoms with E-state index >= 15 is 0 Å². The largest absolute Gasteiger partial charge is 0.384 e. The minimum Gasteiger partial charge on any atom is -0.384 e. The standard InChI is InChI=1S/C18H14FN5S2/c19-12-3-1-2-11(8-12)14(20)5-7-17(21)24-18(22)26-13-4-6-15-16(9-13)25-10-23-15/h1-10,20H,(H3,21,22,24)/b7-5-,20-14?. The molecule has 0 aliphatic heterocycles. The van der Waals surface area contributed by atoms with E-state index in [1.54, 1.807) is 11.6 Å². The van der Waals surface area contributed by atoms with Gasteiger partial charge in [-0.1, -0.05) is 23.9 Å². The fraction of sp³-hybridized carbons (Fsp3) is 0. The number of aliphatic imine (C=N–C) groups is 1. The van der Waals surface area contributed by atoms with Gasteiger partial charge in [-0.25, -0.2) is 14.4 Å². The molecule has 0 saturated carbocycles. The van der Waals surface area contributed by atoms with E-state index in [9.17, 15) is 4.39 Å². The van der Waals surface area contributed by atoms with E-state index in [2.05, 4.69) is 9.98 Å². The van der Waals surface area contributed by atoms with Gasteiger partial charge in [0.15, 0.2) is 5.17 Å². The van der Waals surface area contributed by atoms with Crippen LogP contribution in [0.3, 0.4) is 0 Å². The molecule has 1 heterocycles. The molecule has 130 valence electrons. The molecule has 0 atom stereocenters. The minimum absolute atomic E-state index is 0.0355. The quantitative estimate of drug-likeness (QED) is 0.353. The number of thiazole rings is 1. The van der Waals surface area contributed by atoms with Crippen molar-refractivity contribution in [3.05, 3.63) is 71.5 Å². The van der Waals surface area contributed by atoms with Gasteiger partial charge >= 0.3 is 0 Å². The molecule has 3 rings (SSSR count). The van der Waals surface area contributed by atoms with E-state index in [-0.39, 0.29) is 16.7 Å². The topological polar surface area (TPSA) is 99.0 Å². The van der Waals surface area contributed by atoms with Crippen LogP contribution >= 0.6 is 23.1 Å². The van der Waals surface area contributed by atoms with Crippen molar-refractivity contribution >= 4 is 50.0 Å². The molecule has 2 aromatic carbocycles. The van der Waals surface area contributed by atoms with Crippen LogP contribution in [0.4, 0.5) is 4.39 Å². The van der Waals surface area contributed by atoms with Gasteiger partial charge in [0.25, 0.3) is 0 Å². The van der Waals surface area contributed by atoms with Gasteiger partial charge in [0.05, 0.1) is 21.4 Å². The maximum Gasteiger partial charge on any atom is 0.186 e. The van der Waals surface area contributed by atoms with E-state index < -0.39 is 5.82 Å². The molecule has 0 aliphatic rings. The van der Waals surface area contributed by atoms with E-state index in [0.29, 0.717) is 5.56 Å². The van der Waals surface area contributed by atoms with Crippen LogP contribution in [0.2, 0.25) is 0 Å². The number of benzene rings is 2. The van der Waals surface area contributed by atoms with Gasteiger partial charge in [-0.3, -0.25) is 5.41 Å². The molecule has 0 spiro atoms. The van der Waals surface area contributed by atoms with Crippen LogP contribution in [-0.2, 0) is 0 Å². The molecule has 3 aromatic rings. The second-order valence-corrected chi connectivity index (χ2v) is 7.13. The summed E-state index contributed by atoms with van der Waals surface area (Å²) in [4.78, 5) is 9.08. The van der Waals surface area contributed by atoms with Crippen molar-refractivity contribution in [1.82, 2.24) is 4.98 Å². The van der Waals surface area contributed by atoms with Crippen molar-refractivity contribution in [3.8, 4) is 0 Å². The zero-order valence-electron chi connectivity index (χ0n) is 13.4. The molecule has 0 bridgehead atoms. The molecule has 0 radical (unpaired) electrons. The summed E-state index contributed by atoms with van der Waals surface area (Å²) in [5, 5.41) is 15.9. The zero-order valence-corrected chi connectivity index (χ0v) is 15.1. The summed E-state index contributed by atoms with van der Waals surface area (Å²) in [6, 6.07) is 11.5. The molecule has 26 heavy (non-hydrogen) atoms. The molecule has 1 aromatic heterocycles. The fourth-order valence-electron chi connectivity index (χ4n) is 2.11. The summed E-state index contributed by atoms with van der Waals surface area (Å²) < 4.78 is 14.2. The predicted molar refractivity (Wildman–Crippen MR) is 107 cm³/mol. The van der Waals surface area contributed by atoms with Crippen molar-refractivity contribution in [1.29, 1.82) is 10.8 Å². The fourth-order valence-corrected chi connectivity index (χ4v) is 3.59. The number of nitrogens with one attached hydrogen (secondary N) is 2. The van der Waals surface area contributed by atoms with Gasteiger partial charge in [-0.15, -0.1) is 11.3 Å². The number of hydrogen-bond acceptors (Lipinski definition) is 5. The first-order chi connectivity index (χ1) is 12.5. The van der Waals surface area contributed by atoms with Gasteiger partial charge in [-0.05, 0) is 42.5 Å². The number of hydrogen-bond donors (Lipinski definition) is 3. The molecule has 0 saturated heterocycles. The van der Waals surface area contributed by atoms with E-state index in [1.807, 2.05) is 18.2 Å². The molecule has 0 fully saturated rings. The highest BCUT2D eigenvalue weighted by Crippen LogP contribution is 2.26. The van der Waals surface area contributed by atoms with Crippen molar-refractivity contribution in [3.63, 3.8) is 0 Å². The summed E-state index contributed by atoms with van der Waals surface area (Å²) in [6.07, 6.45) is 2.85. The lowest BCUT2D eigenvalue weighted by Gasteiger charge is -2.01. The van der Waals surface area contributed by atoms with Gasteiger partial charge in [0.2, 0.25) is 0 Å². The molecular formula is C18H14FN5S2. The Morgan fingerprint density at radius 2 is 2.04 bits per heavy atom. The lowest BCUT2D eigenvalue weighted by Crippen LogP contribution is -2.10. The molecule has 5 nitrogen and oxygen atoms in total. The molecule has 0 aliphatic carbocycles. The van der Waals surface area contributed by atoms with Crippen LogP contribution in [-0.4, -0.2) is 21.7 Å². The molecule has 0 unspecified atom stereocenters. The third-order valence-corrected chi connectivity index (χ3v) is 4.87. The number of allylic oxidation sites excluding steroid dienone is 1. The number of aromatic nitrogens is 1. The second kappa shape index (κ2) is 8.03. The Bertz CT molecular complexity index is 1040. The summed E-state index contributed by atoms with van der Waals surface area (Å²) in [5.41, 5.74) is 9.04. The smallest absolute Gasteiger partial charge is 0.186 e. The van der Waals surface area contributed by atoms with Crippen LogP contribution in [0.5, 0.6) is 0 Å². The third kappa shape index (κ3) is 4.62. The van der Waals surface area contributed by atoms with Crippen LogP contribution in [0.1, 0.15) is 5.56 Å². The van der Waals surface area contributed by atoms with E-state index in [4.69, 9.17) is 16.6 Å². The number of rotatable bonds is 4. The first-order valence-corrected chi connectivity index (χ1v) is 9.17. The highest BCUT2D eigenvalue weighted by molar-refractivity contribution is 8.13. The third-order valence-electron chi connectivity index (χ3n) is 3.30. The van der Waals surface area contributed by atoms with E-state index in [1.165, 1.54) is 53.4 Å². The Morgan fingerprint density at radius 3 is 2.85 bits per heavy atom. The molecule has 8 heteroatoms. The summed E-state index contributed by atoms with van der Waals surface area (Å²) in [5.74, 6) is -0.305. The molecular weight excluding hydrogens is 369 g/mol. The summed E-state index contributed by atoms with van der Waals surface area (Å²) in [6.45, 7) is 0. The van der Waals surface area contributed by atoms with Gasteiger partial charge < -0.3 is 11.1 Å². The maximum atomic E-state index is 13.2. The normalized spacial score (nSPS) is 12.0. The first kappa shape index (κ1) is 18.0. The minimum atomic E-state index is -0.404. The van der Waals surface area contributed by atoms with Crippen molar-refractivity contribution in [2.45, 2.75) is 4.90 Å². The molecule has 4 N–H and O–H groups in total. The average molecular weight is 383 g/mol. The number of nitrogens with zero attached hydrogens (tertiary/aromatic N) is 2. The van der Waals surface area contributed by atoms with Gasteiger partial charge in [-0.2, -0.15) is 0 Å². The number of halogens is 1. The van der Waals surface area contributed by atoms with Gasteiger partial charge in [0, 0.05) is 10.5 Å². The van der Waals surface area contributed by atoms with Crippen molar-refractivity contribution in [2.24, 2.45) is 10.7 Å². The first-order valence-electron chi connectivity index (χ1n) is 7.47. The van der Waals surface area contributed by atoms with Crippen LogP contribution in [0, 0.1) is 16.6 Å². The maximum absolute atomic E-state index is 13.2. The Balaban J connectivity index is 1.64. The van der Waals surface area contributed by atoms with Gasteiger partial charge in [0.1, 0.15) is 11.7 Å². The van der Waals surface area contributed by atoms with Crippen LogP contribution in [0.25, 0.3) is 10.2 Å². The zero-order chi connectivity index (χ0) is 18.5. The number of nitrogens with two attached hydrogens (primary N) is 1. The van der Waals surface area contributed by atoms with Crippen molar-refractivity contribution in [2.75, 3.05) is 0 Å². The van der Waals surface area contributed by atoms with Crippen LogP contribution < -0.4 is 5.73 Å². The Hall–Kier alpha value is -2.84. The van der Waals surface area contributed by atoms with Crippen LogP contribution in [0.15, 0.2) is 70.0 Å². The Kier molecular flexibility index (Phi) is 5.55. The summed E-state index contributed by atoms with van der Waals surface area (Å²) >= 11 is 2.72. The summed E-state index contributed by atoms with van der Waals surface area (Å²) in [7, 11) is 0. The number of thioether (sulfide) groups is 1. The highest BCUT2D eigenvalue weighted by Gasteiger charge is 2.04. The SMILES string of the molecule is N=C(/N=C(N)/C=C\C(=N)c1cccc(F)c1)Sc1ccc2ncsc2c1. The number of fused-ring (bicyclic) bond motifs is 1. The Morgan fingerprint density at radius 1 is 1.19 bits per heavy atom. The molecule has 0 amide bonds. The van der Waals surface area contributed by atoms with Crippen molar-refractivity contribution < 1.29 is 4.39 Å². The lowest BCUT2D eigenvalue weighted by molar-refractivity contribution is 0.627. The monoisotopic (exact) mass is 383 g/mol. The average Bonchev–Trinajstić information content (AvgIpc) is 3.07. The predicted octanol–water partition coefficient (Wildman–Crippen LogP) is 4.44.